The van der Waals surface area contributed by atoms with E-state index < -0.39 is 10.0 Å². The summed E-state index contributed by atoms with van der Waals surface area (Å²) < 4.78 is 25.7. The Morgan fingerprint density at radius 1 is 0.923 bits per heavy atom. The molecule has 0 saturated heterocycles. The van der Waals surface area contributed by atoms with E-state index in [1.165, 1.54) is 25.5 Å². The van der Waals surface area contributed by atoms with Crippen molar-refractivity contribution in [2.75, 3.05) is 12.4 Å². The SMILES string of the molecule is CCCCc1ccc(NC(=O)CCc2ccc(S(=O)(=O)NC)cc2)cc1. The zero-order chi connectivity index (χ0) is 19.0. The van der Waals surface area contributed by atoms with Crippen molar-refractivity contribution >= 4 is 21.6 Å². The lowest BCUT2D eigenvalue weighted by molar-refractivity contribution is -0.116. The first-order valence-electron chi connectivity index (χ1n) is 8.86. The molecule has 2 N–H and O–H groups in total. The number of carbonyl (C=O) groups excluding carboxylic acids is 1. The zero-order valence-electron chi connectivity index (χ0n) is 15.3. The van der Waals surface area contributed by atoms with Gasteiger partial charge >= 0.3 is 0 Å². The van der Waals surface area contributed by atoms with Crippen LogP contribution in [0.5, 0.6) is 0 Å². The van der Waals surface area contributed by atoms with Crippen LogP contribution < -0.4 is 10.0 Å². The molecule has 0 bridgehead atoms. The van der Waals surface area contributed by atoms with Gasteiger partial charge in [-0.15, -0.1) is 0 Å². The minimum Gasteiger partial charge on any atom is -0.326 e. The molecule has 5 nitrogen and oxygen atoms in total. The van der Waals surface area contributed by atoms with Crippen LogP contribution in [0.3, 0.4) is 0 Å². The summed E-state index contributed by atoms with van der Waals surface area (Å²) in [4.78, 5) is 12.3. The van der Waals surface area contributed by atoms with E-state index in [1.807, 2.05) is 24.3 Å². The maximum absolute atomic E-state index is 12.1. The molecule has 26 heavy (non-hydrogen) atoms. The Balaban J connectivity index is 1.85. The Morgan fingerprint density at radius 3 is 2.08 bits per heavy atom. The highest BCUT2D eigenvalue weighted by Crippen LogP contribution is 2.14. The molecule has 0 spiro atoms. The molecule has 0 aliphatic carbocycles. The van der Waals surface area contributed by atoms with Gasteiger partial charge in [0.15, 0.2) is 0 Å². The predicted octanol–water partition coefficient (Wildman–Crippen LogP) is 3.51. The molecule has 2 aromatic carbocycles. The predicted molar refractivity (Wildman–Crippen MR) is 105 cm³/mol. The van der Waals surface area contributed by atoms with Crippen molar-refractivity contribution < 1.29 is 13.2 Å². The van der Waals surface area contributed by atoms with Gasteiger partial charge in [-0.3, -0.25) is 4.79 Å². The number of aryl methyl sites for hydroxylation is 2. The van der Waals surface area contributed by atoms with Gasteiger partial charge in [0.05, 0.1) is 4.90 Å². The lowest BCUT2D eigenvalue weighted by Gasteiger charge is -2.07. The molecule has 2 aromatic rings. The van der Waals surface area contributed by atoms with Crippen molar-refractivity contribution in [3.8, 4) is 0 Å². The standard InChI is InChI=1S/C20H26N2O3S/c1-3-4-5-16-6-11-18(12-7-16)22-20(23)15-10-17-8-13-19(14-9-17)26(24,25)21-2/h6-9,11-14,21H,3-5,10,15H2,1-2H3,(H,22,23). The van der Waals surface area contributed by atoms with E-state index in [0.717, 1.165) is 17.7 Å². The van der Waals surface area contributed by atoms with E-state index in [1.54, 1.807) is 24.3 Å². The van der Waals surface area contributed by atoms with E-state index in [2.05, 4.69) is 17.0 Å². The van der Waals surface area contributed by atoms with E-state index in [9.17, 15) is 13.2 Å². The number of unbranched alkanes of at least 4 members (excludes halogenated alkanes) is 1. The van der Waals surface area contributed by atoms with Crippen molar-refractivity contribution in [3.63, 3.8) is 0 Å². The second-order valence-electron chi connectivity index (χ2n) is 6.20. The Kier molecular flexibility index (Phi) is 7.36. The highest BCUT2D eigenvalue weighted by atomic mass is 32.2. The topological polar surface area (TPSA) is 75.3 Å². The Hall–Kier alpha value is -2.18. The van der Waals surface area contributed by atoms with Crippen molar-refractivity contribution in [2.24, 2.45) is 0 Å². The molecular weight excluding hydrogens is 348 g/mol. The van der Waals surface area contributed by atoms with Crippen molar-refractivity contribution in [2.45, 2.75) is 43.9 Å². The summed E-state index contributed by atoms with van der Waals surface area (Å²) in [6, 6.07) is 14.5. The second kappa shape index (κ2) is 9.50. The first kappa shape index (κ1) is 20.1. The number of hydrogen-bond acceptors (Lipinski definition) is 3. The summed E-state index contributed by atoms with van der Waals surface area (Å²) >= 11 is 0. The molecule has 0 heterocycles. The van der Waals surface area contributed by atoms with Crippen LogP contribution in [0.25, 0.3) is 0 Å². The maximum Gasteiger partial charge on any atom is 0.240 e. The van der Waals surface area contributed by atoms with Gasteiger partial charge in [-0.05, 0) is 61.7 Å². The lowest BCUT2D eigenvalue weighted by atomic mass is 10.1. The highest BCUT2D eigenvalue weighted by molar-refractivity contribution is 7.89. The minimum atomic E-state index is -3.43. The monoisotopic (exact) mass is 374 g/mol. The molecule has 0 unspecified atom stereocenters. The molecule has 1 amide bonds. The van der Waals surface area contributed by atoms with Gasteiger partial charge in [0, 0.05) is 12.1 Å². The van der Waals surface area contributed by atoms with Crippen LogP contribution in [0.15, 0.2) is 53.4 Å². The Morgan fingerprint density at radius 2 is 1.50 bits per heavy atom. The number of amides is 1. The van der Waals surface area contributed by atoms with Crippen LogP contribution in [0.4, 0.5) is 5.69 Å². The van der Waals surface area contributed by atoms with E-state index in [0.29, 0.717) is 12.8 Å². The Bertz CT molecular complexity index is 813. The first-order chi connectivity index (χ1) is 12.4. The van der Waals surface area contributed by atoms with Crippen LogP contribution in [0.1, 0.15) is 37.3 Å². The van der Waals surface area contributed by atoms with Crippen LogP contribution >= 0.6 is 0 Å². The molecule has 0 saturated carbocycles. The summed E-state index contributed by atoms with van der Waals surface area (Å²) in [7, 11) is -2.05. The molecule has 0 atom stereocenters. The van der Waals surface area contributed by atoms with Gasteiger partial charge in [-0.2, -0.15) is 0 Å². The molecule has 0 fully saturated rings. The van der Waals surface area contributed by atoms with Crippen LogP contribution in [0, 0.1) is 0 Å². The number of nitrogens with one attached hydrogen (secondary N) is 2. The maximum atomic E-state index is 12.1. The Labute approximate surface area is 155 Å². The highest BCUT2D eigenvalue weighted by Gasteiger charge is 2.10. The van der Waals surface area contributed by atoms with E-state index in [-0.39, 0.29) is 10.8 Å². The number of rotatable bonds is 9. The molecule has 0 aliphatic rings. The summed E-state index contributed by atoms with van der Waals surface area (Å²) in [5.74, 6) is -0.0572. The normalized spacial score (nSPS) is 11.3. The zero-order valence-corrected chi connectivity index (χ0v) is 16.1. The summed E-state index contributed by atoms with van der Waals surface area (Å²) in [6.45, 7) is 2.17. The average molecular weight is 375 g/mol. The van der Waals surface area contributed by atoms with Gasteiger partial charge < -0.3 is 5.32 Å². The quantitative estimate of drug-likeness (QED) is 0.705. The summed E-state index contributed by atoms with van der Waals surface area (Å²) in [6.07, 6.45) is 4.29. The van der Waals surface area contributed by atoms with E-state index >= 15 is 0 Å². The lowest BCUT2D eigenvalue weighted by Crippen LogP contribution is -2.18. The van der Waals surface area contributed by atoms with Crippen molar-refractivity contribution in [1.82, 2.24) is 4.72 Å². The average Bonchev–Trinajstić information content (AvgIpc) is 2.66. The molecular formula is C20H26N2O3S. The molecule has 0 radical (unpaired) electrons. The molecule has 0 aromatic heterocycles. The molecule has 6 heteroatoms. The van der Waals surface area contributed by atoms with Crippen LogP contribution in [-0.2, 0) is 27.7 Å². The fourth-order valence-corrected chi connectivity index (χ4v) is 3.30. The molecule has 140 valence electrons. The second-order valence-corrected chi connectivity index (χ2v) is 8.09. The number of benzene rings is 2. The van der Waals surface area contributed by atoms with Gasteiger partial charge in [0.2, 0.25) is 15.9 Å². The van der Waals surface area contributed by atoms with Crippen LogP contribution in [0.2, 0.25) is 0 Å². The number of hydrogen-bond donors (Lipinski definition) is 2. The minimum absolute atomic E-state index is 0.0572. The fraction of sp³-hybridized carbons (Fsp3) is 0.350. The molecule has 2 rings (SSSR count). The largest absolute Gasteiger partial charge is 0.326 e. The van der Waals surface area contributed by atoms with Crippen LogP contribution in [-0.4, -0.2) is 21.4 Å². The molecule has 0 aliphatic heterocycles. The third-order valence-electron chi connectivity index (χ3n) is 4.20. The number of carbonyl (C=O) groups is 1. The van der Waals surface area contributed by atoms with Crippen molar-refractivity contribution in [3.05, 3.63) is 59.7 Å². The summed E-state index contributed by atoms with van der Waals surface area (Å²) in [5.41, 5.74) is 3.00. The van der Waals surface area contributed by atoms with Gasteiger partial charge in [0.25, 0.3) is 0 Å². The smallest absolute Gasteiger partial charge is 0.240 e. The van der Waals surface area contributed by atoms with Gasteiger partial charge in [0.1, 0.15) is 0 Å². The third kappa shape index (κ3) is 5.97. The summed E-state index contributed by atoms with van der Waals surface area (Å²) in [5, 5.41) is 2.90. The van der Waals surface area contributed by atoms with Gasteiger partial charge in [-0.25, -0.2) is 13.1 Å². The first-order valence-corrected chi connectivity index (χ1v) is 10.3. The van der Waals surface area contributed by atoms with E-state index in [4.69, 9.17) is 0 Å². The van der Waals surface area contributed by atoms with Crippen molar-refractivity contribution in [1.29, 1.82) is 0 Å². The fourth-order valence-electron chi connectivity index (χ4n) is 2.57. The number of anilines is 1. The third-order valence-corrected chi connectivity index (χ3v) is 5.63. The van der Waals surface area contributed by atoms with Gasteiger partial charge in [-0.1, -0.05) is 37.6 Å². The number of sulfonamides is 1.